The van der Waals surface area contributed by atoms with Crippen LogP contribution < -0.4 is 0 Å². The van der Waals surface area contributed by atoms with Crippen molar-refractivity contribution in [3.05, 3.63) is 41.7 Å². The van der Waals surface area contributed by atoms with E-state index in [1.54, 1.807) is 33.2 Å². The number of carbonyl (C=O) groups excluding carboxylic acids is 1. The quantitative estimate of drug-likeness (QED) is 0.807. The van der Waals surface area contributed by atoms with Crippen molar-refractivity contribution >= 4 is 5.91 Å². The van der Waals surface area contributed by atoms with Gasteiger partial charge in [0.2, 0.25) is 5.82 Å². The lowest BCUT2D eigenvalue weighted by atomic mass is 10.3. The van der Waals surface area contributed by atoms with Crippen molar-refractivity contribution < 1.29 is 9.18 Å². The summed E-state index contributed by atoms with van der Waals surface area (Å²) in [6.07, 6.45) is 0. The molecule has 1 aromatic carbocycles. The molecule has 18 heavy (non-hydrogen) atoms. The normalized spacial score (nSPS) is 10.4. The molecule has 1 aromatic heterocycles. The Morgan fingerprint density at radius 3 is 2.44 bits per heavy atom. The van der Waals surface area contributed by atoms with Crippen LogP contribution >= 0.6 is 0 Å². The van der Waals surface area contributed by atoms with Crippen LogP contribution in [-0.2, 0) is 0 Å². The topological polar surface area (TPSA) is 51.0 Å². The fourth-order valence-electron chi connectivity index (χ4n) is 1.51. The SMILES string of the molecule is Cc1nc(C(=O)N(C)C)nn1-c1ccc(F)cc1. The standard InChI is InChI=1S/C12H13FN4O/c1-8-14-11(12(18)16(2)3)15-17(8)10-6-4-9(13)5-7-10/h4-7H,1-3H3. The zero-order chi connectivity index (χ0) is 13.3. The average molecular weight is 248 g/mol. The molecule has 0 aliphatic rings. The molecule has 2 rings (SSSR count). The van der Waals surface area contributed by atoms with Crippen molar-refractivity contribution in [2.45, 2.75) is 6.92 Å². The van der Waals surface area contributed by atoms with Crippen molar-refractivity contribution in [1.29, 1.82) is 0 Å². The van der Waals surface area contributed by atoms with E-state index in [0.29, 0.717) is 11.5 Å². The maximum Gasteiger partial charge on any atom is 0.293 e. The molecule has 0 saturated heterocycles. The van der Waals surface area contributed by atoms with E-state index in [0.717, 1.165) is 0 Å². The van der Waals surface area contributed by atoms with Crippen molar-refractivity contribution in [2.75, 3.05) is 14.1 Å². The zero-order valence-corrected chi connectivity index (χ0v) is 10.4. The zero-order valence-electron chi connectivity index (χ0n) is 10.4. The summed E-state index contributed by atoms with van der Waals surface area (Å²) in [5, 5.41) is 4.12. The summed E-state index contributed by atoms with van der Waals surface area (Å²) in [5.41, 5.74) is 0.666. The minimum atomic E-state index is -0.318. The first kappa shape index (κ1) is 12.2. The van der Waals surface area contributed by atoms with E-state index in [1.165, 1.54) is 21.7 Å². The number of benzene rings is 1. The van der Waals surface area contributed by atoms with Gasteiger partial charge in [0.15, 0.2) is 0 Å². The number of carbonyl (C=O) groups is 1. The highest BCUT2D eigenvalue weighted by atomic mass is 19.1. The average Bonchev–Trinajstić information content (AvgIpc) is 2.71. The molecule has 0 aliphatic carbocycles. The van der Waals surface area contributed by atoms with E-state index in [-0.39, 0.29) is 17.5 Å². The number of amides is 1. The molecule has 0 spiro atoms. The highest BCUT2D eigenvalue weighted by Gasteiger charge is 2.16. The van der Waals surface area contributed by atoms with E-state index in [2.05, 4.69) is 10.1 Å². The molecule has 0 aliphatic heterocycles. The molecule has 0 saturated carbocycles. The van der Waals surface area contributed by atoms with E-state index >= 15 is 0 Å². The third-order valence-corrected chi connectivity index (χ3v) is 2.44. The van der Waals surface area contributed by atoms with Gasteiger partial charge in [-0.2, -0.15) is 0 Å². The van der Waals surface area contributed by atoms with Crippen molar-refractivity contribution in [1.82, 2.24) is 19.7 Å². The summed E-state index contributed by atoms with van der Waals surface area (Å²) in [7, 11) is 3.27. The Kier molecular flexibility index (Phi) is 3.10. The molecule has 2 aromatic rings. The summed E-state index contributed by atoms with van der Waals surface area (Å²) >= 11 is 0. The van der Waals surface area contributed by atoms with Crippen molar-refractivity contribution in [3.8, 4) is 5.69 Å². The molecular weight excluding hydrogens is 235 g/mol. The van der Waals surface area contributed by atoms with Crippen LogP contribution in [0.2, 0.25) is 0 Å². The van der Waals surface area contributed by atoms with Crippen LogP contribution in [0.25, 0.3) is 5.69 Å². The number of nitrogens with zero attached hydrogens (tertiary/aromatic N) is 4. The number of rotatable bonds is 2. The first-order valence-electron chi connectivity index (χ1n) is 5.40. The van der Waals surface area contributed by atoms with Crippen LogP contribution in [0.3, 0.4) is 0 Å². The Hall–Kier alpha value is -2.24. The van der Waals surface area contributed by atoms with Crippen LogP contribution in [0, 0.1) is 12.7 Å². The Morgan fingerprint density at radius 1 is 1.28 bits per heavy atom. The van der Waals surface area contributed by atoms with Gasteiger partial charge in [0.1, 0.15) is 11.6 Å². The fourth-order valence-corrected chi connectivity index (χ4v) is 1.51. The van der Waals surface area contributed by atoms with Gasteiger partial charge in [0.25, 0.3) is 5.91 Å². The second-order valence-corrected chi connectivity index (χ2v) is 4.07. The number of hydrogen-bond donors (Lipinski definition) is 0. The second-order valence-electron chi connectivity index (χ2n) is 4.07. The maximum absolute atomic E-state index is 12.8. The largest absolute Gasteiger partial charge is 0.342 e. The van der Waals surface area contributed by atoms with Gasteiger partial charge in [-0.3, -0.25) is 4.79 Å². The number of aryl methyl sites for hydroxylation is 1. The van der Waals surface area contributed by atoms with Gasteiger partial charge in [-0.05, 0) is 31.2 Å². The maximum atomic E-state index is 12.8. The Bertz CT molecular complexity index is 574. The van der Waals surface area contributed by atoms with Gasteiger partial charge in [-0.15, -0.1) is 5.10 Å². The molecule has 0 radical (unpaired) electrons. The lowest BCUT2D eigenvalue weighted by Crippen LogP contribution is -2.23. The van der Waals surface area contributed by atoms with Crippen LogP contribution in [0.1, 0.15) is 16.4 Å². The summed E-state index contributed by atoms with van der Waals surface area (Å²) in [4.78, 5) is 17.2. The van der Waals surface area contributed by atoms with Gasteiger partial charge < -0.3 is 4.90 Å². The molecule has 0 atom stereocenters. The summed E-state index contributed by atoms with van der Waals surface area (Å²) < 4.78 is 14.3. The Balaban J connectivity index is 2.41. The molecule has 94 valence electrons. The Labute approximate surface area is 104 Å². The Morgan fingerprint density at radius 2 is 1.89 bits per heavy atom. The van der Waals surface area contributed by atoms with Crippen LogP contribution in [0.5, 0.6) is 0 Å². The van der Waals surface area contributed by atoms with Crippen molar-refractivity contribution in [2.24, 2.45) is 0 Å². The minimum Gasteiger partial charge on any atom is -0.342 e. The van der Waals surface area contributed by atoms with E-state index in [4.69, 9.17) is 0 Å². The molecule has 0 bridgehead atoms. The third-order valence-electron chi connectivity index (χ3n) is 2.44. The highest BCUT2D eigenvalue weighted by Crippen LogP contribution is 2.11. The number of hydrogen-bond acceptors (Lipinski definition) is 3. The van der Waals surface area contributed by atoms with Gasteiger partial charge in [-0.1, -0.05) is 0 Å². The molecule has 0 N–H and O–H groups in total. The highest BCUT2D eigenvalue weighted by molar-refractivity contribution is 5.90. The van der Waals surface area contributed by atoms with Crippen LogP contribution in [0.15, 0.2) is 24.3 Å². The molecule has 1 heterocycles. The van der Waals surface area contributed by atoms with Crippen LogP contribution in [0.4, 0.5) is 4.39 Å². The monoisotopic (exact) mass is 248 g/mol. The van der Waals surface area contributed by atoms with Gasteiger partial charge in [0, 0.05) is 14.1 Å². The molecular formula is C12H13FN4O. The minimum absolute atomic E-state index is 0.127. The molecule has 1 amide bonds. The number of aromatic nitrogens is 3. The van der Waals surface area contributed by atoms with E-state index in [9.17, 15) is 9.18 Å². The predicted octanol–water partition coefficient (Wildman–Crippen LogP) is 1.42. The van der Waals surface area contributed by atoms with Crippen molar-refractivity contribution in [3.63, 3.8) is 0 Å². The second kappa shape index (κ2) is 4.56. The first-order valence-corrected chi connectivity index (χ1v) is 5.40. The summed E-state index contributed by atoms with van der Waals surface area (Å²) in [6.45, 7) is 1.74. The van der Waals surface area contributed by atoms with E-state index in [1.807, 2.05) is 0 Å². The molecule has 0 fully saturated rings. The fraction of sp³-hybridized carbons (Fsp3) is 0.250. The lowest BCUT2D eigenvalue weighted by Gasteiger charge is -2.05. The summed E-state index contributed by atoms with van der Waals surface area (Å²) in [5.74, 6) is 0.119. The first-order chi connectivity index (χ1) is 8.49. The van der Waals surface area contributed by atoms with E-state index < -0.39 is 0 Å². The number of halogens is 1. The van der Waals surface area contributed by atoms with Gasteiger partial charge in [-0.25, -0.2) is 14.1 Å². The van der Waals surface area contributed by atoms with Gasteiger partial charge >= 0.3 is 0 Å². The van der Waals surface area contributed by atoms with Gasteiger partial charge in [0.05, 0.1) is 5.69 Å². The van der Waals surface area contributed by atoms with Crippen LogP contribution in [-0.4, -0.2) is 39.7 Å². The molecule has 5 nitrogen and oxygen atoms in total. The molecule has 0 unspecified atom stereocenters. The third kappa shape index (κ3) is 2.22. The lowest BCUT2D eigenvalue weighted by molar-refractivity contribution is 0.0816. The summed E-state index contributed by atoms with van der Waals surface area (Å²) in [6, 6.07) is 5.84. The smallest absolute Gasteiger partial charge is 0.293 e. The molecule has 6 heteroatoms. The predicted molar refractivity (Wildman–Crippen MR) is 64.1 cm³/mol.